The van der Waals surface area contributed by atoms with Gasteiger partial charge >= 0.3 is 0 Å². The number of nitrogens with one attached hydrogen (secondary N) is 1. The highest BCUT2D eigenvalue weighted by Crippen LogP contribution is 2.09. The molecule has 1 rings (SSSR count). The third-order valence-electron chi connectivity index (χ3n) is 1.74. The number of rotatable bonds is 3. The summed E-state index contributed by atoms with van der Waals surface area (Å²) in [4.78, 5) is 11.1. The Morgan fingerprint density at radius 1 is 1.50 bits per heavy atom. The van der Waals surface area contributed by atoms with E-state index >= 15 is 0 Å². The predicted molar refractivity (Wildman–Crippen MR) is 53.9 cm³/mol. The van der Waals surface area contributed by atoms with Gasteiger partial charge in [-0.25, -0.2) is 8.78 Å². The van der Waals surface area contributed by atoms with E-state index in [0.717, 1.165) is 12.1 Å². The van der Waals surface area contributed by atoms with Crippen molar-refractivity contribution in [3.63, 3.8) is 0 Å². The van der Waals surface area contributed by atoms with Gasteiger partial charge in [-0.05, 0) is 11.6 Å². The van der Waals surface area contributed by atoms with Crippen molar-refractivity contribution in [3.8, 4) is 0 Å². The van der Waals surface area contributed by atoms with E-state index in [1.807, 2.05) is 0 Å². The van der Waals surface area contributed by atoms with Crippen LogP contribution in [0.25, 0.3) is 0 Å². The Labute approximate surface area is 82.3 Å². The highest BCUT2D eigenvalue weighted by molar-refractivity contribution is 6.89. The Bertz CT molecular complexity index is 346. The summed E-state index contributed by atoms with van der Waals surface area (Å²) in [6, 6.07) is 3.19. The van der Waals surface area contributed by atoms with E-state index in [-0.39, 0.29) is 17.9 Å². The second-order valence-corrected chi connectivity index (χ2v) is 2.87. The van der Waals surface area contributed by atoms with Crippen molar-refractivity contribution < 1.29 is 13.6 Å². The molecule has 0 bridgehead atoms. The molecular weight excluding hydrogens is 186 g/mol. The van der Waals surface area contributed by atoms with E-state index in [0.29, 0.717) is 7.31 Å². The molecule has 0 atom stereocenters. The summed E-state index contributed by atoms with van der Waals surface area (Å²) in [5, 5.41) is 2.54. The summed E-state index contributed by atoms with van der Waals surface area (Å²) in [5.41, 5.74) is 0.206. The van der Waals surface area contributed by atoms with Crippen LogP contribution in [0.5, 0.6) is 0 Å². The summed E-state index contributed by atoms with van der Waals surface area (Å²) < 4.78 is 25.5. The van der Waals surface area contributed by atoms with Crippen molar-refractivity contribution in [2.45, 2.75) is 6.42 Å². The van der Waals surface area contributed by atoms with Crippen molar-refractivity contribution in [1.82, 2.24) is 5.23 Å². The van der Waals surface area contributed by atoms with Crippen LogP contribution in [-0.4, -0.2) is 20.9 Å². The number of amides is 1. The topological polar surface area (TPSA) is 29.1 Å². The molecule has 0 saturated heterocycles. The third-order valence-corrected chi connectivity index (χ3v) is 1.74. The fourth-order valence-corrected chi connectivity index (χ4v) is 1.10. The lowest BCUT2D eigenvalue weighted by atomic mass is 9.67. The number of halogens is 2. The molecule has 1 N–H and O–H groups in total. The quantitative estimate of drug-likeness (QED) is 0.648. The zero-order chi connectivity index (χ0) is 10.6. The maximum absolute atomic E-state index is 13.0. The van der Waals surface area contributed by atoms with Gasteiger partial charge in [0, 0.05) is 6.07 Å². The average molecular weight is 195 g/mol. The van der Waals surface area contributed by atoms with Gasteiger partial charge in [-0.2, -0.15) is 0 Å². The highest BCUT2D eigenvalue weighted by atomic mass is 19.1. The van der Waals surface area contributed by atoms with E-state index in [9.17, 15) is 13.6 Å². The molecule has 1 amide bonds. The number of benzene rings is 1. The van der Waals surface area contributed by atoms with Crippen molar-refractivity contribution in [2.24, 2.45) is 0 Å². The van der Waals surface area contributed by atoms with Crippen LogP contribution >= 0.6 is 0 Å². The molecule has 0 aromatic heterocycles. The van der Waals surface area contributed by atoms with E-state index in [4.69, 9.17) is 0 Å². The summed E-state index contributed by atoms with van der Waals surface area (Å²) >= 11 is 0. The molecule has 0 aliphatic carbocycles. The van der Waals surface area contributed by atoms with Gasteiger partial charge in [0.25, 0.3) is 0 Å². The minimum atomic E-state index is -0.684. The summed E-state index contributed by atoms with van der Waals surface area (Å²) in [7, 11) is 2.28. The normalized spacial score (nSPS) is 9.57. The molecule has 0 heterocycles. The first-order valence-electron chi connectivity index (χ1n) is 4.34. The minimum absolute atomic E-state index is 0.0556. The van der Waals surface area contributed by atoms with Gasteiger partial charge in [0.1, 0.15) is 11.6 Å². The van der Waals surface area contributed by atoms with Crippen LogP contribution in [0.4, 0.5) is 8.78 Å². The second kappa shape index (κ2) is 4.79. The number of carbonyl (C=O) groups is 1. The smallest absolute Gasteiger partial charge is 0.211 e. The minimum Gasteiger partial charge on any atom is -0.410 e. The van der Waals surface area contributed by atoms with Crippen LogP contribution in [0.15, 0.2) is 18.2 Å². The lowest BCUT2D eigenvalue weighted by Crippen LogP contribution is -2.29. The Morgan fingerprint density at radius 2 is 2.21 bits per heavy atom. The zero-order valence-corrected chi connectivity index (χ0v) is 7.81. The molecule has 72 valence electrons. The molecule has 0 radical (unpaired) electrons. The zero-order valence-electron chi connectivity index (χ0n) is 7.81. The highest BCUT2D eigenvalue weighted by Gasteiger charge is 2.07. The first kappa shape index (κ1) is 10.8. The average Bonchev–Trinajstić information content (AvgIpc) is 2.10. The molecule has 0 saturated carbocycles. The summed E-state index contributed by atoms with van der Waals surface area (Å²) in [6.07, 6.45) is -0.0556. The Kier molecular flexibility index (Phi) is 3.68. The largest absolute Gasteiger partial charge is 0.410 e. The van der Waals surface area contributed by atoms with Crippen molar-refractivity contribution in [2.75, 3.05) is 0 Å². The van der Waals surface area contributed by atoms with Crippen LogP contribution in [0.1, 0.15) is 5.56 Å². The maximum Gasteiger partial charge on any atom is 0.211 e. The molecule has 0 aliphatic rings. The van der Waals surface area contributed by atoms with Crippen LogP contribution in [0, 0.1) is 11.6 Å². The SMILES string of the molecule is BBNC(=O)Cc1ccc(F)cc1F. The summed E-state index contributed by atoms with van der Waals surface area (Å²) in [6.45, 7) is 0. The lowest BCUT2D eigenvalue weighted by Gasteiger charge is -2.03. The van der Waals surface area contributed by atoms with Gasteiger partial charge in [-0.1, -0.05) is 6.07 Å². The monoisotopic (exact) mass is 195 g/mol. The second-order valence-electron chi connectivity index (χ2n) is 2.87. The van der Waals surface area contributed by atoms with Gasteiger partial charge in [0.15, 0.2) is 7.31 Å². The van der Waals surface area contributed by atoms with E-state index < -0.39 is 11.6 Å². The van der Waals surface area contributed by atoms with Gasteiger partial charge in [0.05, 0.1) is 14.2 Å². The lowest BCUT2D eigenvalue weighted by molar-refractivity contribution is -0.118. The van der Waals surface area contributed by atoms with E-state index in [1.165, 1.54) is 6.07 Å². The number of carbonyl (C=O) groups excluding carboxylic acids is 1. The van der Waals surface area contributed by atoms with Gasteiger partial charge in [-0.3, -0.25) is 4.79 Å². The third kappa shape index (κ3) is 2.87. The number of hydrogen-bond acceptors (Lipinski definition) is 1. The molecule has 14 heavy (non-hydrogen) atoms. The Balaban J connectivity index is 2.72. The predicted octanol–water partition coefficient (Wildman–Crippen LogP) is -0.477. The molecule has 6 heteroatoms. The van der Waals surface area contributed by atoms with Crippen molar-refractivity contribution in [3.05, 3.63) is 35.4 Å². The molecule has 2 nitrogen and oxygen atoms in total. The molecule has 1 aromatic rings. The van der Waals surface area contributed by atoms with Gasteiger partial charge in [0.2, 0.25) is 5.91 Å². The maximum atomic E-state index is 13.0. The fraction of sp³-hybridized carbons (Fsp3) is 0.125. The van der Waals surface area contributed by atoms with Gasteiger partial charge < -0.3 is 5.23 Å². The molecule has 0 spiro atoms. The number of hydrogen-bond donors (Lipinski definition) is 1. The summed E-state index contributed by atoms with van der Waals surface area (Å²) in [5.74, 6) is -1.59. The molecule has 0 aliphatic heterocycles. The molecule has 0 fully saturated rings. The molecule has 0 unspecified atom stereocenters. The fourth-order valence-electron chi connectivity index (χ4n) is 1.10. The van der Waals surface area contributed by atoms with Crippen LogP contribution < -0.4 is 5.23 Å². The van der Waals surface area contributed by atoms with Crippen LogP contribution in [-0.2, 0) is 11.2 Å². The standard InChI is InChI=1S/C8H9B2F2NO/c9-10-13-8(14)3-5-1-2-6(11)4-7(5)12/h1-2,4,10H,3,9H2,(H,13,14). The van der Waals surface area contributed by atoms with Crippen LogP contribution in [0.2, 0.25) is 0 Å². The van der Waals surface area contributed by atoms with Crippen molar-refractivity contribution in [1.29, 1.82) is 0 Å². The van der Waals surface area contributed by atoms with Gasteiger partial charge in [-0.15, -0.1) is 0 Å². The Hall–Kier alpha value is -1.32. The van der Waals surface area contributed by atoms with E-state index in [2.05, 4.69) is 5.23 Å². The van der Waals surface area contributed by atoms with Crippen molar-refractivity contribution >= 4 is 20.9 Å². The van der Waals surface area contributed by atoms with E-state index in [1.54, 1.807) is 7.74 Å². The van der Waals surface area contributed by atoms with Crippen LogP contribution in [0.3, 0.4) is 0 Å². The first-order valence-corrected chi connectivity index (χ1v) is 4.34. The molecule has 1 aromatic carbocycles. The first-order chi connectivity index (χ1) is 6.63. The Morgan fingerprint density at radius 3 is 2.79 bits per heavy atom. The molecular formula is C8H9B2F2NO.